The molecule has 0 heterocycles. The maximum absolute atomic E-state index is 12.8. The van der Waals surface area contributed by atoms with Crippen molar-refractivity contribution in [2.45, 2.75) is 277 Å². The molecule has 0 radical (unpaired) electrons. The lowest BCUT2D eigenvalue weighted by molar-refractivity contribution is -0.167. The van der Waals surface area contributed by atoms with Gasteiger partial charge in [0.15, 0.2) is 6.10 Å². The first-order chi connectivity index (χ1) is 35.5. The minimum atomic E-state index is -0.786. The third-order valence-electron chi connectivity index (χ3n) is 12.5. The predicted molar refractivity (Wildman–Crippen MR) is 311 cm³/mol. The van der Waals surface area contributed by atoms with Crippen molar-refractivity contribution in [3.05, 3.63) is 109 Å². The van der Waals surface area contributed by atoms with Crippen LogP contribution in [0.5, 0.6) is 0 Å². The van der Waals surface area contributed by atoms with Crippen LogP contribution in [0, 0.1) is 0 Å². The van der Waals surface area contributed by atoms with Crippen molar-refractivity contribution in [1.82, 2.24) is 0 Å². The maximum Gasteiger partial charge on any atom is 0.306 e. The summed E-state index contributed by atoms with van der Waals surface area (Å²) in [5.74, 6) is -0.906. The van der Waals surface area contributed by atoms with Crippen molar-refractivity contribution in [2.75, 3.05) is 13.2 Å². The first-order valence-electron chi connectivity index (χ1n) is 29.9. The zero-order valence-electron chi connectivity index (χ0n) is 46.9. The van der Waals surface area contributed by atoms with Crippen LogP contribution in [-0.2, 0) is 28.6 Å². The number of allylic oxidation sites excluding steroid dienone is 18. The van der Waals surface area contributed by atoms with Crippen molar-refractivity contribution < 1.29 is 28.6 Å². The number of hydrogen-bond donors (Lipinski definition) is 0. The van der Waals surface area contributed by atoms with Gasteiger partial charge in [-0.05, 0) is 103 Å². The molecule has 0 aliphatic heterocycles. The van der Waals surface area contributed by atoms with Crippen molar-refractivity contribution in [3.8, 4) is 0 Å². The summed E-state index contributed by atoms with van der Waals surface area (Å²) in [5, 5.41) is 0. The number of esters is 3. The molecule has 0 aromatic heterocycles. The third-order valence-corrected chi connectivity index (χ3v) is 12.5. The molecule has 410 valence electrons. The standard InChI is InChI=1S/C66H110O6/c1-4-7-10-13-16-19-21-23-25-26-27-28-29-30-31-32-33-34-35-36-37-38-39-40-41-43-44-47-50-53-56-59-65(68)71-62-63(61-70-64(67)58-55-52-49-46-18-15-12-9-6-3)72-66(69)60-57-54-51-48-45-42-24-22-20-17-14-11-8-5-2/h7,10,14,16-17,19,22-25,27-28,30-31,33-34,36-37,63H,4-6,8-9,11-13,15,18,20-21,26,29,32,35,38-62H2,1-3H3/b10-7-,17-14-,19-16-,24-22-,25-23-,28-27-,31-30-,34-33-,37-36-. The van der Waals surface area contributed by atoms with Crippen LogP contribution in [0.15, 0.2) is 109 Å². The lowest BCUT2D eigenvalue weighted by Crippen LogP contribution is -2.30. The fourth-order valence-electron chi connectivity index (χ4n) is 8.03. The molecule has 0 amide bonds. The third kappa shape index (κ3) is 57.0. The topological polar surface area (TPSA) is 78.9 Å². The van der Waals surface area contributed by atoms with E-state index in [0.29, 0.717) is 19.3 Å². The summed E-state index contributed by atoms with van der Waals surface area (Å²) in [5.41, 5.74) is 0. The lowest BCUT2D eigenvalue weighted by Gasteiger charge is -2.18. The quantitative estimate of drug-likeness (QED) is 0.0261. The van der Waals surface area contributed by atoms with Gasteiger partial charge in [0.05, 0.1) is 0 Å². The van der Waals surface area contributed by atoms with E-state index in [1.165, 1.54) is 96.3 Å². The largest absolute Gasteiger partial charge is 0.462 e. The van der Waals surface area contributed by atoms with E-state index in [4.69, 9.17) is 14.2 Å². The summed E-state index contributed by atoms with van der Waals surface area (Å²) < 4.78 is 16.8. The van der Waals surface area contributed by atoms with Gasteiger partial charge in [0.25, 0.3) is 0 Å². The van der Waals surface area contributed by atoms with Gasteiger partial charge in [0.2, 0.25) is 0 Å². The Bertz CT molecular complexity index is 1470. The van der Waals surface area contributed by atoms with Crippen molar-refractivity contribution in [2.24, 2.45) is 0 Å². The van der Waals surface area contributed by atoms with Crippen LogP contribution in [0.1, 0.15) is 271 Å². The normalized spacial score (nSPS) is 12.9. The molecule has 6 nitrogen and oxygen atoms in total. The summed E-state index contributed by atoms with van der Waals surface area (Å²) in [4.78, 5) is 38.0. The molecule has 0 bridgehead atoms. The fourth-order valence-corrected chi connectivity index (χ4v) is 8.03. The first kappa shape index (κ1) is 68.1. The van der Waals surface area contributed by atoms with E-state index in [9.17, 15) is 14.4 Å². The molecule has 0 aromatic carbocycles. The monoisotopic (exact) mass is 999 g/mol. The van der Waals surface area contributed by atoms with Gasteiger partial charge in [-0.25, -0.2) is 0 Å². The molecule has 1 atom stereocenters. The van der Waals surface area contributed by atoms with Gasteiger partial charge in [-0.15, -0.1) is 0 Å². The van der Waals surface area contributed by atoms with Crippen LogP contribution in [-0.4, -0.2) is 37.2 Å². The highest BCUT2D eigenvalue weighted by Gasteiger charge is 2.19. The molecule has 1 unspecified atom stereocenters. The molecule has 0 spiro atoms. The Balaban J connectivity index is 4.19. The second kappa shape index (κ2) is 59.6. The van der Waals surface area contributed by atoms with E-state index in [2.05, 4.69) is 130 Å². The average molecular weight is 1000 g/mol. The molecule has 0 N–H and O–H groups in total. The molecule has 0 aromatic rings. The summed E-state index contributed by atoms with van der Waals surface area (Å²) in [6.45, 7) is 6.45. The number of carbonyl (C=O) groups is 3. The van der Waals surface area contributed by atoms with E-state index < -0.39 is 6.10 Å². The van der Waals surface area contributed by atoms with Crippen LogP contribution < -0.4 is 0 Å². The Morgan fingerprint density at radius 1 is 0.292 bits per heavy atom. The summed E-state index contributed by atoms with van der Waals surface area (Å²) >= 11 is 0. The summed E-state index contributed by atoms with van der Waals surface area (Å²) in [6, 6.07) is 0. The first-order valence-corrected chi connectivity index (χ1v) is 29.9. The molecule has 0 rings (SSSR count). The minimum absolute atomic E-state index is 0.0842. The Kier molecular flexibility index (Phi) is 56.4. The average Bonchev–Trinajstić information content (AvgIpc) is 3.38. The molecule has 0 aliphatic carbocycles. The van der Waals surface area contributed by atoms with E-state index in [-0.39, 0.29) is 31.1 Å². The Morgan fingerprint density at radius 3 is 0.889 bits per heavy atom. The second-order valence-corrected chi connectivity index (χ2v) is 19.5. The number of carbonyl (C=O) groups excluding carboxylic acids is 3. The smallest absolute Gasteiger partial charge is 0.306 e. The highest BCUT2D eigenvalue weighted by Crippen LogP contribution is 2.15. The van der Waals surface area contributed by atoms with Crippen LogP contribution in [0.3, 0.4) is 0 Å². The van der Waals surface area contributed by atoms with Crippen LogP contribution in [0.2, 0.25) is 0 Å². The van der Waals surface area contributed by atoms with E-state index in [1.54, 1.807) is 0 Å². The summed E-state index contributed by atoms with van der Waals surface area (Å²) in [6.07, 6.45) is 81.0. The number of rotatable bonds is 53. The van der Waals surface area contributed by atoms with E-state index >= 15 is 0 Å². The lowest BCUT2D eigenvalue weighted by atomic mass is 10.1. The molecule has 0 saturated heterocycles. The zero-order chi connectivity index (χ0) is 52.2. The van der Waals surface area contributed by atoms with Crippen LogP contribution in [0.25, 0.3) is 0 Å². The molecule has 72 heavy (non-hydrogen) atoms. The Hall–Kier alpha value is -3.93. The fraction of sp³-hybridized carbons (Fsp3) is 0.682. The molecular formula is C66H110O6. The SMILES string of the molecule is CC/C=C\C/C=C\C/C=C\C/C=C\C/C=C\C/C=C\C/C=C\CCCCCCCCCCCC(=O)OCC(COC(=O)CCCCCCCCCCC)OC(=O)CCCCCCC/C=C\C/C=C\CCCC. The molecule has 0 fully saturated rings. The molecule has 0 saturated carbocycles. The number of unbranched alkanes of at least 4 members (excludes halogenated alkanes) is 24. The maximum atomic E-state index is 12.8. The van der Waals surface area contributed by atoms with Gasteiger partial charge in [0, 0.05) is 19.3 Å². The van der Waals surface area contributed by atoms with Crippen LogP contribution in [0.4, 0.5) is 0 Å². The second-order valence-electron chi connectivity index (χ2n) is 19.5. The molecule has 0 aliphatic rings. The van der Waals surface area contributed by atoms with E-state index in [0.717, 1.165) is 135 Å². The van der Waals surface area contributed by atoms with Gasteiger partial charge in [-0.2, -0.15) is 0 Å². The Labute approximate surface area is 444 Å². The minimum Gasteiger partial charge on any atom is -0.462 e. The van der Waals surface area contributed by atoms with Crippen molar-refractivity contribution >= 4 is 17.9 Å². The van der Waals surface area contributed by atoms with Crippen molar-refractivity contribution in [1.29, 1.82) is 0 Å². The zero-order valence-corrected chi connectivity index (χ0v) is 46.9. The van der Waals surface area contributed by atoms with E-state index in [1.807, 2.05) is 0 Å². The predicted octanol–water partition coefficient (Wildman–Crippen LogP) is 20.3. The highest BCUT2D eigenvalue weighted by atomic mass is 16.6. The van der Waals surface area contributed by atoms with Gasteiger partial charge in [-0.1, -0.05) is 259 Å². The highest BCUT2D eigenvalue weighted by molar-refractivity contribution is 5.71. The number of ether oxygens (including phenoxy) is 3. The van der Waals surface area contributed by atoms with Gasteiger partial charge < -0.3 is 14.2 Å². The van der Waals surface area contributed by atoms with Gasteiger partial charge in [-0.3, -0.25) is 14.4 Å². The van der Waals surface area contributed by atoms with Crippen molar-refractivity contribution in [3.63, 3.8) is 0 Å². The van der Waals surface area contributed by atoms with Gasteiger partial charge >= 0.3 is 17.9 Å². The van der Waals surface area contributed by atoms with Crippen LogP contribution >= 0.6 is 0 Å². The number of hydrogen-bond acceptors (Lipinski definition) is 6. The summed E-state index contributed by atoms with van der Waals surface area (Å²) in [7, 11) is 0. The van der Waals surface area contributed by atoms with Gasteiger partial charge in [0.1, 0.15) is 13.2 Å². The molecule has 6 heteroatoms. The molecular weight excluding hydrogens is 889 g/mol. The Morgan fingerprint density at radius 2 is 0.556 bits per heavy atom.